The Morgan fingerprint density at radius 2 is 1.76 bits per heavy atom. The molecule has 0 radical (unpaired) electrons. The third-order valence-corrected chi connectivity index (χ3v) is 7.33. The molecule has 4 aromatic rings. The predicted molar refractivity (Wildman–Crippen MR) is 140 cm³/mol. The van der Waals surface area contributed by atoms with Crippen LogP contribution in [-0.4, -0.2) is 40.9 Å². The first-order chi connectivity index (χ1) is 18.0. The van der Waals surface area contributed by atoms with E-state index in [0.717, 1.165) is 38.4 Å². The van der Waals surface area contributed by atoms with Crippen LogP contribution in [0.15, 0.2) is 72.8 Å². The van der Waals surface area contributed by atoms with Crippen LogP contribution in [0.1, 0.15) is 40.1 Å². The third kappa shape index (κ3) is 3.64. The number of para-hydroxylation sites is 2. The molecule has 0 bridgehead atoms. The zero-order valence-electron chi connectivity index (χ0n) is 20.5. The van der Waals surface area contributed by atoms with Crippen LogP contribution in [-0.2, 0) is 17.8 Å². The van der Waals surface area contributed by atoms with Gasteiger partial charge in [0, 0.05) is 29.6 Å². The summed E-state index contributed by atoms with van der Waals surface area (Å²) in [5, 5.41) is 3.97. The summed E-state index contributed by atoms with van der Waals surface area (Å²) in [7, 11) is 1.60. The Labute approximate surface area is 213 Å². The summed E-state index contributed by atoms with van der Waals surface area (Å²) in [4.78, 5) is 46.8. The molecule has 186 valence electrons. The molecule has 37 heavy (non-hydrogen) atoms. The smallest absolute Gasteiger partial charge is 0.332 e. The van der Waals surface area contributed by atoms with Crippen molar-refractivity contribution in [2.45, 2.75) is 32.0 Å². The number of methoxy groups -OCH3 is 1. The van der Waals surface area contributed by atoms with Crippen molar-refractivity contribution in [3.63, 3.8) is 0 Å². The maximum atomic E-state index is 13.7. The number of carbonyl (C=O) groups excluding carboxylic acids is 3. The fourth-order valence-electron chi connectivity index (χ4n) is 5.47. The van der Waals surface area contributed by atoms with E-state index in [1.54, 1.807) is 36.3 Å². The van der Waals surface area contributed by atoms with Gasteiger partial charge in [0.05, 0.1) is 24.4 Å². The van der Waals surface area contributed by atoms with Crippen molar-refractivity contribution in [2.75, 3.05) is 12.0 Å². The molecule has 1 aromatic heterocycles. The Morgan fingerprint density at radius 1 is 1.03 bits per heavy atom. The number of carbonyl (C=O) groups is 3. The summed E-state index contributed by atoms with van der Waals surface area (Å²) in [5.41, 5.74) is 4.48. The summed E-state index contributed by atoms with van der Waals surface area (Å²) >= 11 is 0. The Hall–Kier alpha value is -4.59. The zero-order chi connectivity index (χ0) is 25.7. The maximum Gasteiger partial charge on any atom is 0.332 e. The Balaban J connectivity index is 1.28. The van der Waals surface area contributed by atoms with Crippen molar-refractivity contribution in [3.05, 3.63) is 95.2 Å². The highest BCUT2D eigenvalue weighted by molar-refractivity contribution is 6.24. The highest BCUT2D eigenvalue weighted by Crippen LogP contribution is 2.42. The molecule has 3 heterocycles. The molecule has 3 aromatic carbocycles. The van der Waals surface area contributed by atoms with Gasteiger partial charge in [-0.3, -0.25) is 9.59 Å². The molecular formula is C29H26N4O4. The summed E-state index contributed by atoms with van der Waals surface area (Å²) in [5.74, 6) is 0.0562. The van der Waals surface area contributed by atoms with Crippen molar-refractivity contribution in [1.29, 1.82) is 0 Å². The van der Waals surface area contributed by atoms with E-state index in [1.807, 2.05) is 55.5 Å². The second-order valence-electron chi connectivity index (χ2n) is 9.37. The van der Waals surface area contributed by atoms with Crippen LogP contribution in [0.2, 0.25) is 0 Å². The van der Waals surface area contributed by atoms with E-state index in [9.17, 15) is 14.4 Å². The molecular weight excluding hydrogens is 468 g/mol. The van der Waals surface area contributed by atoms with E-state index in [-0.39, 0.29) is 23.4 Å². The Bertz CT molecular complexity index is 1540. The van der Waals surface area contributed by atoms with Gasteiger partial charge in [-0.25, -0.2) is 9.69 Å². The number of aromatic amines is 1. The van der Waals surface area contributed by atoms with Crippen LogP contribution in [0.5, 0.6) is 5.75 Å². The number of ether oxygens (including phenoxy) is 1. The van der Waals surface area contributed by atoms with Crippen LogP contribution >= 0.6 is 0 Å². The van der Waals surface area contributed by atoms with E-state index in [1.165, 1.54) is 0 Å². The minimum atomic E-state index is -0.621. The molecule has 0 aliphatic carbocycles. The highest BCUT2D eigenvalue weighted by Gasteiger charge is 2.52. The maximum absolute atomic E-state index is 13.7. The SMILES string of the molecule is COc1ccc(CNC(=O)c2ccccc2N2C(=O)[C@@H]3Cc4c([nH]c5ccccc45)[C@H](C)N3C2=O)cc1. The molecule has 6 rings (SSSR count). The van der Waals surface area contributed by atoms with Crippen molar-refractivity contribution < 1.29 is 19.1 Å². The van der Waals surface area contributed by atoms with Gasteiger partial charge in [0.25, 0.3) is 11.8 Å². The molecule has 8 heteroatoms. The Morgan fingerprint density at radius 3 is 2.54 bits per heavy atom. The summed E-state index contributed by atoms with van der Waals surface area (Å²) < 4.78 is 5.18. The first kappa shape index (κ1) is 22.8. The lowest BCUT2D eigenvalue weighted by Gasteiger charge is -2.33. The number of nitrogens with zero attached hydrogens (tertiary/aromatic N) is 2. The van der Waals surface area contributed by atoms with Crippen LogP contribution in [0.3, 0.4) is 0 Å². The second kappa shape index (κ2) is 8.81. The number of fused-ring (bicyclic) bond motifs is 4. The van der Waals surface area contributed by atoms with Gasteiger partial charge in [-0.1, -0.05) is 42.5 Å². The zero-order valence-corrected chi connectivity index (χ0v) is 20.5. The van der Waals surface area contributed by atoms with Crippen LogP contribution in [0.4, 0.5) is 10.5 Å². The lowest BCUT2D eigenvalue weighted by atomic mass is 9.93. The van der Waals surface area contributed by atoms with Gasteiger partial charge >= 0.3 is 6.03 Å². The average molecular weight is 495 g/mol. The quantitative estimate of drug-likeness (QED) is 0.398. The first-order valence-corrected chi connectivity index (χ1v) is 12.2. The van der Waals surface area contributed by atoms with Crippen molar-refractivity contribution in [3.8, 4) is 5.75 Å². The molecule has 0 unspecified atom stereocenters. The molecule has 2 atom stereocenters. The third-order valence-electron chi connectivity index (χ3n) is 7.33. The summed E-state index contributed by atoms with van der Waals surface area (Å²) in [6.45, 7) is 2.23. The fraction of sp³-hybridized carbons (Fsp3) is 0.207. The number of imide groups is 1. The number of rotatable bonds is 5. The largest absolute Gasteiger partial charge is 0.497 e. The molecule has 2 aliphatic heterocycles. The lowest BCUT2D eigenvalue weighted by Crippen LogP contribution is -2.42. The molecule has 2 aliphatic rings. The van der Waals surface area contributed by atoms with Crippen LogP contribution in [0.25, 0.3) is 10.9 Å². The number of hydrogen-bond donors (Lipinski definition) is 2. The Kier molecular flexibility index (Phi) is 5.44. The first-order valence-electron chi connectivity index (χ1n) is 12.2. The van der Waals surface area contributed by atoms with Crippen molar-refractivity contribution in [2.24, 2.45) is 0 Å². The average Bonchev–Trinajstić information content (AvgIpc) is 3.42. The van der Waals surface area contributed by atoms with Gasteiger partial charge < -0.3 is 19.9 Å². The van der Waals surface area contributed by atoms with Gasteiger partial charge in [0.1, 0.15) is 11.8 Å². The highest BCUT2D eigenvalue weighted by atomic mass is 16.5. The topological polar surface area (TPSA) is 94.7 Å². The number of anilines is 1. The van der Waals surface area contributed by atoms with Crippen molar-refractivity contribution in [1.82, 2.24) is 15.2 Å². The van der Waals surface area contributed by atoms with Crippen molar-refractivity contribution >= 4 is 34.4 Å². The number of aromatic nitrogens is 1. The number of amides is 4. The van der Waals surface area contributed by atoms with Gasteiger partial charge in [-0.05, 0) is 48.4 Å². The normalized spacial score (nSPS) is 18.6. The van der Waals surface area contributed by atoms with E-state index in [4.69, 9.17) is 4.74 Å². The van der Waals surface area contributed by atoms with E-state index >= 15 is 0 Å². The summed E-state index contributed by atoms with van der Waals surface area (Å²) in [6.07, 6.45) is 0.427. The minimum absolute atomic E-state index is 0.272. The van der Waals surface area contributed by atoms with Gasteiger partial charge in [0.15, 0.2) is 0 Å². The van der Waals surface area contributed by atoms with Gasteiger partial charge in [0.2, 0.25) is 0 Å². The standard InChI is InChI=1S/C29H26N4O4/c1-17-26-22(20-7-3-5-9-23(20)31-26)15-25-28(35)33(29(36)32(17)25)24-10-6-4-8-21(24)27(34)30-16-18-11-13-19(37-2)14-12-18/h3-14,17,25,31H,15-16H2,1-2H3,(H,30,34)/t17-,25-/m0/s1. The molecule has 8 nitrogen and oxygen atoms in total. The molecule has 0 saturated carbocycles. The predicted octanol–water partition coefficient (Wildman–Crippen LogP) is 4.56. The number of urea groups is 1. The second-order valence-corrected chi connectivity index (χ2v) is 9.37. The fourth-order valence-corrected chi connectivity index (χ4v) is 5.47. The number of benzene rings is 3. The minimum Gasteiger partial charge on any atom is -0.497 e. The van der Waals surface area contributed by atoms with Gasteiger partial charge in [-0.2, -0.15) is 0 Å². The molecule has 2 N–H and O–H groups in total. The van der Waals surface area contributed by atoms with Crippen LogP contribution in [0, 0.1) is 0 Å². The number of nitrogens with one attached hydrogen (secondary N) is 2. The monoisotopic (exact) mass is 494 g/mol. The van der Waals surface area contributed by atoms with E-state index in [2.05, 4.69) is 10.3 Å². The van der Waals surface area contributed by atoms with Crippen LogP contribution < -0.4 is 15.0 Å². The molecule has 0 spiro atoms. The molecule has 1 saturated heterocycles. The van der Waals surface area contributed by atoms with Gasteiger partial charge in [-0.15, -0.1) is 0 Å². The summed E-state index contributed by atoms with van der Waals surface area (Å²) in [6, 6.07) is 20.8. The molecule has 4 amide bonds. The number of hydrogen-bond acceptors (Lipinski definition) is 4. The molecule has 1 fully saturated rings. The number of H-pyrrole nitrogens is 1. The lowest BCUT2D eigenvalue weighted by molar-refractivity contribution is -0.120. The van der Waals surface area contributed by atoms with E-state index < -0.39 is 12.1 Å². The van der Waals surface area contributed by atoms with E-state index in [0.29, 0.717) is 18.7 Å².